The molecule has 0 unspecified atom stereocenters. The van der Waals surface area contributed by atoms with Crippen LogP contribution in [0.3, 0.4) is 0 Å². The maximum atomic E-state index is 14.0. The SMILES string of the molecule is Cc1cc(C(=O)N2CCN(C(=O)c3c(F)cccc3F)CC2)ccc1NS(=O)(=O)c1cccc2cccnc12. The Morgan fingerprint density at radius 3 is 2.13 bits per heavy atom. The largest absolute Gasteiger partial charge is 0.335 e. The second kappa shape index (κ2) is 10.4. The van der Waals surface area contributed by atoms with Gasteiger partial charge in [-0.3, -0.25) is 19.3 Å². The Morgan fingerprint density at radius 2 is 1.46 bits per heavy atom. The van der Waals surface area contributed by atoms with E-state index in [1.165, 1.54) is 35.4 Å². The molecular weight excluding hydrogens is 526 g/mol. The fourth-order valence-corrected chi connectivity index (χ4v) is 5.87. The molecule has 1 aromatic heterocycles. The normalized spacial score (nSPS) is 13.9. The van der Waals surface area contributed by atoms with E-state index in [-0.39, 0.29) is 37.0 Å². The number of hydrogen-bond acceptors (Lipinski definition) is 5. The van der Waals surface area contributed by atoms with Crippen LogP contribution in [0.1, 0.15) is 26.3 Å². The van der Waals surface area contributed by atoms with E-state index in [0.717, 1.165) is 12.1 Å². The Labute approximate surface area is 223 Å². The number of aromatic nitrogens is 1. The van der Waals surface area contributed by atoms with Gasteiger partial charge in [-0.05, 0) is 55.0 Å². The van der Waals surface area contributed by atoms with Gasteiger partial charge in [0.1, 0.15) is 22.1 Å². The Morgan fingerprint density at radius 1 is 0.846 bits per heavy atom. The monoisotopic (exact) mass is 550 g/mol. The van der Waals surface area contributed by atoms with Crippen molar-refractivity contribution in [1.82, 2.24) is 14.8 Å². The van der Waals surface area contributed by atoms with E-state index in [1.807, 2.05) is 0 Å². The van der Waals surface area contributed by atoms with Crippen molar-refractivity contribution < 1.29 is 26.8 Å². The zero-order chi connectivity index (χ0) is 27.7. The summed E-state index contributed by atoms with van der Waals surface area (Å²) in [5.74, 6) is -2.91. The molecule has 0 saturated carbocycles. The third-order valence-corrected chi connectivity index (χ3v) is 8.03. The molecule has 4 aromatic rings. The number of sulfonamides is 1. The van der Waals surface area contributed by atoms with Crippen LogP contribution in [0.25, 0.3) is 10.9 Å². The highest BCUT2D eigenvalue weighted by Crippen LogP contribution is 2.26. The molecule has 3 aromatic carbocycles. The molecule has 39 heavy (non-hydrogen) atoms. The van der Waals surface area contributed by atoms with Crippen molar-refractivity contribution >= 4 is 38.4 Å². The summed E-state index contributed by atoms with van der Waals surface area (Å²) < 4.78 is 56.9. The summed E-state index contributed by atoms with van der Waals surface area (Å²) in [4.78, 5) is 32.9. The molecule has 0 aliphatic carbocycles. The van der Waals surface area contributed by atoms with Gasteiger partial charge < -0.3 is 9.80 Å². The number of carbonyl (C=O) groups excluding carboxylic acids is 2. The third-order valence-electron chi connectivity index (χ3n) is 6.63. The highest BCUT2D eigenvalue weighted by Gasteiger charge is 2.29. The number of rotatable bonds is 5. The van der Waals surface area contributed by atoms with E-state index in [1.54, 1.807) is 42.2 Å². The lowest BCUT2D eigenvalue weighted by molar-refractivity contribution is 0.0530. The predicted octanol–water partition coefficient (Wildman–Crippen LogP) is 4.22. The molecule has 1 aliphatic heterocycles. The van der Waals surface area contributed by atoms with Gasteiger partial charge in [0.25, 0.3) is 21.8 Å². The van der Waals surface area contributed by atoms with Gasteiger partial charge in [-0.2, -0.15) is 0 Å². The van der Waals surface area contributed by atoms with Crippen LogP contribution in [0.5, 0.6) is 0 Å². The first kappa shape index (κ1) is 26.2. The second-order valence-corrected chi connectivity index (χ2v) is 10.8. The van der Waals surface area contributed by atoms with Gasteiger partial charge in [0.15, 0.2) is 0 Å². The van der Waals surface area contributed by atoms with Crippen LogP contribution in [-0.2, 0) is 10.0 Å². The van der Waals surface area contributed by atoms with Crippen LogP contribution in [-0.4, -0.2) is 61.2 Å². The number of amides is 2. The summed E-state index contributed by atoms with van der Waals surface area (Å²) in [6.45, 7) is 2.29. The zero-order valence-electron chi connectivity index (χ0n) is 20.9. The summed E-state index contributed by atoms with van der Waals surface area (Å²) in [5.41, 5.74) is 0.961. The number of piperazine rings is 1. The Balaban J connectivity index is 1.27. The number of hydrogen-bond donors (Lipinski definition) is 1. The summed E-state index contributed by atoms with van der Waals surface area (Å²) in [6, 6.07) is 16.3. The molecule has 11 heteroatoms. The molecule has 8 nitrogen and oxygen atoms in total. The van der Waals surface area contributed by atoms with Crippen molar-refractivity contribution in [1.29, 1.82) is 0 Å². The molecule has 5 rings (SSSR count). The molecule has 0 atom stereocenters. The number of nitrogens with zero attached hydrogens (tertiary/aromatic N) is 3. The van der Waals surface area contributed by atoms with Crippen LogP contribution in [0.2, 0.25) is 0 Å². The molecule has 2 amide bonds. The Kier molecular flexibility index (Phi) is 7.00. The topological polar surface area (TPSA) is 99.7 Å². The van der Waals surface area contributed by atoms with Crippen molar-refractivity contribution in [3.8, 4) is 0 Å². The molecule has 1 aliphatic rings. The molecule has 0 bridgehead atoms. The Hall–Kier alpha value is -4.38. The minimum absolute atomic E-state index is 0.0443. The molecule has 0 spiro atoms. The number of aryl methyl sites for hydroxylation is 1. The number of carbonyl (C=O) groups is 2. The standard InChI is InChI=1S/C28H24F2N4O4S/c1-18-17-20(10-11-23(18)32-39(37,38)24-9-2-5-19-6-4-12-31-26(19)24)27(35)33-13-15-34(16-14-33)28(36)25-21(29)7-3-8-22(25)30/h2-12,17,32H,13-16H2,1H3. The minimum atomic E-state index is -3.96. The van der Waals surface area contributed by atoms with E-state index < -0.39 is 33.1 Å². The number of fused-ring (bicyclic) bond motifs is 1. The lowest BCUT2D eigenvalue weighted by Gasteiger charge is -2.35. The molecular formula is C28H24F2N4O4S. The maximum Gasteiger partial charge on any atom is 0.264 e. The third kappa shape index (κ3) is 5.17. The summed E-state index contributed by atoms with van der Waals surface area (Å²) in [7, 11) is -3.96. The van der Waals surface area contributed by atoms with Crippen LogP contribution < -0.4 is 4.72 Å². The van der Waals surface area contributed by atoms with Gasteiger partial charge in [0, 0.05) is 43.3 Å². The molecule has 1 N–H and O–H groups in total. The summed E-state index contributed by atoms with van der Waals surface area (Å²) in [6.07, 6.45) is 1.53. The molecule has 1 saturated heterocycles. The van der Waals surface area contributed by atoms with E-state index in [4.69, 9.17) is 0 Å². The van der Waals surface area contributed by atoms with Crippen LogP contribution in [0, 0.1) is 18.6 Å². The van der Waals surface area contributed by atoms with Crippen molar-refractivity contribution in [2.75, 3.05) is 30.9 Å². The number of benzene rings is 3. The lowest BCUT2D eigenvalue weighted by Crippen LogP contribution is -2.50. The van der Waals surface area contributed by atoms with Crippen LogP contribution in [0.15, 0.2) is 77.8 Å². The zero-order valence-corrected chi connectivity index (χ0v) is 21.7. The van der Waals surface area contributed by atoms with Crippen molar-refractivity contribution in [3.05, 3.63) is 101 Å². The fraction of sp³-hybridized carbons (Fsp3) is 0.179. The van der Waals surface area contributed by atoms with E-state index >= 15 is 0 Å². The van der Waals surface area contributed by atoms with Gasteiger partial charge in [-0.25, -0.2) is 17.2 Å². The van der Waals surface area contributed by atoms with Crippen molar-refractivity contribution in [2.24, 2.45) is 0 Å². The van der Waals surface area contributed by atoms with Gasteiger partial charge in [-0.15, -0.1) is 0 Å². The molecule has 2 heterocycles. The van der Waals surface area contributed by atoms with Crippen LogP contribution in [0.4, 0.5) is 14.5 Å². The summed E-state index contributed by atoms with van der Waals surface area (Å²) >= 11 is 0. The highest BCUT2D eigenvalue weighted by atomic mass is 32.2. The van der Waals surface area contributed by atoms with Gasteiger partial charge in [-0.1, -0.05) is 24.3 Å². The number of halogens is 2. The molecule has 0 radical (unpaired) electrons. The number of pyridine rings is 1. The quantitative estimate of drug-likeness (QED) is 0.401. The number of para-hydroxylation sites is 1. The lowest BCUT2D eigenvalue weighted by atomic mass is 10.1. The first-order valence-electron chi connectivity index (χ1n) is 12.2. The van der Waals surface area contributed by atoms with E-state index in [0.29, 0.717) is 27.7 Å². The maximum absolute atomic E-state index is 14.0. The number of anilines is 1. The smallest absolute Gasteiger partial charge is 0.264 e. The fourth-order valence-electron chi connectivity index (χ4n) is 4.56. The predicted molar refractivity (Wildman–Crippen MR) is 142 cm³/mol. The van der Waals surface area contributed by atoms with E-state index in [2.05, 4.69) is 9.71 Å². The number of nitrogens with one attached hydrogen (secondary N) is 1. The van der Waals surface area contributed by atoms with E-state index in [9.17, 15) is 26.8 Å². The van der Waals surface area contributed by atoms with Crippen LogP contribution >= 0.6 is 0 Å². The summed E-state index contributed by atoms with van der Waals surface area (Å²) in [5, 5.41) is 0.693. The minimum Gasteiger partial charge on any atom is -0.335 e. The first-order valence-corrected chi connectivity index (χ1v) is 13.6. The molecule has 1 fully saturated rings. The van der Waals surface area contributed by atoms with Gasteiger partial charge >= 0.3 is 0 Å². The molecule has 200 valence electrons. The first-order chi connectivity index (χ1) is 18.7. The van der Waals surface area contributed by atoms with Crippen molar-refractivity contribution in [2.45, 2.75) is 11.8 Å². The average molecular weight is 551 g/mol. The van der Waals surface area contributed by atoms with Gasteiger partial charge in [0.05, 0.1) is 11.2 Å². The van der Waals surface area contributed by atoms with Gasteiger partial charge in [0.2, 0.25) is 0 Å². The average Bonchev–Trinajstić information content (AvgIpc) is 2.93. The Bertz CT molecular complexity index is 1680. The van der Waals surface area contributed by atoms with Crippen molar-refractivity contribution in [3.63, 3.8) is 0 Å². The highest BCUT2D eigenvalue weighted by molar-refractivity contribution is 7.93. The second-order valence-electron chi connectivity index (χ2n) is 9.15.